The number of carbonyl (C=O) groups excluding carboxylic acids is 3. The summed E-state index contributed by atoms with van der Waals surface area (Å²) in [7, 11) is 1.63. The summed E-state index contributed by atoms with van der Waals surface area (Å²) in [5, 5.41) is 20.1. The van der Waals surface area contributed by atoms with Crippen LogP contribution in [0.15, 0.2) is 64.2 Å². The maximum atomic E-state index is 14.1. The van der Waals surface area contributed by atoms with Gasteiger partial charge in [-0.05, 0) is 50.3 Å². The highest BCUT2D eigenvalue weighted by atomic mass is 79.9. The molecule has 40 heavy (non-hydrogen) atoms. The molecule has 0 spiro atoms. The van der Waals surface area contributed by atoms with E-state index in [1.807, 2.05) is 54.6 Å². The van der Waals surface area contributed by atoms with Crippen molar-refractivity contribution >= 4 is 45.5 Å². The van der Waals surface area contributed by atoms with E-state index in [1.54, 1.807) is 11.9 Å². The molecule has 0 aliphatic carbocycles. The van der Waals surface area contributed by atoms with E-state index in [-0.39, 0.29) is 24.8 Å². The van der Waals surface area contributed by atoms with Crippen LogP contribution in [0.3, 0.4) is 0 Å². The Hall–Kier alpha value is -3.73. The van der Waals surface area contributed by atoms with Gasteiger partial charge in [-0.15, -0.1) is 0 Å². The third-order valence-corrected chi connectivity index (χ3v) is 8.29. The maximum absolute atomic E-state index is 14.1. The number of fused-ring (bicyclic) bond motifs is 1. The van der Waals surface area contributed by atoms with E-state index < -0.39 is 29.0 Å². The van der Waals surface area contributed by atoms with Crippen LogP contribution in [0.1, 0.15) is 37.8 Å². The Labute approximate surface area is 241 Å². The van der Waals surface area contributed by atoms with Crippen molar-refractivity contribution in [3.63, 3.8) is 0 Å². The molecular weight excluding hydrogens is 578 g/mol. The summed E-state index contributed by atoms with van der Waals surface area (Å²) in [6.45, 7) is 3.38. The highest BCUT2D eigenvalue weighted by Gasteiger charge is 2.54. The van der Waals surface area contributed by atoms with E-state index in [0.29, 0.717) is 25.8 Å². The molecule has 3 N–H and O–H groups in total. The lowest BCUT2D eigenvalue weighted by Gasteiger charge is -2.41. The molecule has 4 amide bonds. The number of carboxylic acid groups (broad SMARTS) is 1. The van der Waals surface area contributed by atoms with Crippen LogP contribution < -0.4 is 10.6 Å². The summed E-state index contributed by atoms with van der Waals surface area (Å²) in [6, 6.07) is 16.4. The first-order valence-electron chi connectivity index (χ1n) is 13.2. The van der Waals surface area contributed by atoms with Crippen molar-refractivity contribution in [3.05, 3.63) is 70.2 Å². The molecule has 4 rings (SSSR count). The highest BCUT2D eigenvalue weighted by molar-refractivity contribution is 9.10. The Balaban J connectivity index is 1.60. The summed E-state index contributed by atoms with van der Waals surface area (Å²) in [6.07, 6.45) is 0.274. The number of hydrogen-bond acceptors (Lipinski definition) is 5. The fraction of sp³-hybridized carbons (Fsp3) is 0.414. The molecule has 0 aromatic heterocycles. The van der Waals surface area contributed by atoms with Gasteiger partial charge in [-0.1, -0.05) is 64.5 Å². The predicted octanol–water partition coefficient (Wildman–Crippen LogP) is 3.20. The Kier molecular flexibility index (Phi) is 8.62. The molecule has 2 aromatic carbocycles. The molecule has 0 saturated carbocycles. The Bertz CT molecular complexity index is 1330. The van der Waals surface area contributed by atoms with Gasteiger partial charge < -0.3 is 20.6 Å². The first-order chi connectivity index (χ1) is 18.9. The lowest BCUT2D eigenvalue weighted by molar-refractivity contribution is -0.142. The number of rotatable bonds is 9. The second-order valence-corrected chi connectivity index (χ2v) is 11.7. The van der Waals surface area contributed by atoms with E-state index in [2.05, 4.69) is 31.7 Å². The fourth-order valence-electron chi connectivity index (χ4n) is 5.36. The van der Waals surface area contributed by atoms with Crippen LogP contribution in [0.2, 0.25) is 0 Å². The van der Waals surface area contributed by atoms with Gasteiger partial charge in [-0.3, -0.25) is 14.4 Å². The molecule has 1 saturated heterocycles. The van der Waals surface area contributed by atoms with Crippen LogP contribution in [0.5, 0.6) is 0 Å². The minimum Gasteiger partial charge on any atom is -0.465 e. The topological polar surface area (TPSA) is 131 Å². The average Bonchev–Trinajstić information content (AvgIpc) is 3.15. The summed E-state index contributed by atoms with van der Waals surface area (Å²) in [5.74, 6) is -1.10. The molecule has 2 atom stereocenters. The number of likely N-dealkylation sites (tertiary alicyclic amines) is 1. The molecule has 2 aromatic rings. The number of halogens is 1. The van der Waals surface area contributed by atoms with E-state index in [1.165, 1.54) is 18.9 Å². The van der Waals surface area contributed by atoms with E-state index in [0.717, 1.165) is 21.3 Å². The predicted molar refractivity (Wildman–Crippen MR) is 154 cm³/mol. The van der Waals surface area contributed by atoms with Gasteiger partial charge in [0.2, 0.25) is 11.8 Å². The molecule has 10 nitrogen and oxygen atoms in total. The Morgan fingerprint density at radius 3 is 2.48 bits per heavy atom. The Morgan fingerprint density at radius 2 is 1.80 bits per heavy atom. The lowest BCUT2D eigenvalue weighted by Crippen LogP contribution is -2.61. The zero-order chi connectivity index (χ0) is 29.1. The van der Waals surface area contributed by atoms with Gasteiger partial charge in [0, 0.05) is 31.0 Å². The summed E-state index contributed by atoms with van der Waals surface area (Å²) >= 11 is 3.54. The number of hydrazone groups is 1. The first kappa shape index (κ1) is 29.3. The van der Waals surface area contributed by atoms with Crippen molar-refractivity contribution in [2.45, 2.75) is 51.1 Å². The van der Waals surface area contributed by atoms with Crippen LogP contribution in [0.4, 0.5) is 4.79 Å². The largest absolute Gasteiger partial charge is 0.465 e. The zero-order valence-corrected chi connectivity index (χ0v) is 24.4. The van der Waals surface area contributed by atoms with Gasteiger partial charge in [-0.2, -0.15) is 5.10 Å². The summed E-state index contributed by atoms with van der Waals surface area (Å²) < 4.78 is 0.889. The molecule has 2 aliphatic heterocycles. The van der Waals surface area contributed by atoms with Crippen LogP contribution in [0, 0.1) is 5.41 Å². The second kappa shape index (κ2) is 11.8. The van der Waals surface area contributed by atoms with Crippen LogP contribution in [0.25, 0.3) is 0 Å². The Morgan fingerprint density at radius 1 is 1.12 bits per heavy atom. The minimum atomic E-state index is -1.46. The zero-order valence-electron chi connectivity index (χ0n) is 22.8. The molecule has 1 unspecified atom stereocenters. The second-order valence-electron chi connectivity index (χ2n) is 10.8. The van der Waals surface area contributed by atoms with Crippen molar-refractivity contribution in [2.24, 2.45) is 10.5 Å². The number of hydrogen-bond donors (Lipinski definition) is 3. The number of nitrogens with zero attached hydrogens (tertiary/aromatic N) is 3. The highest BCUT2D eigenvalue weighted by Crippen LogP contribution is 2.38. The first-order valence-corrected chi connectivity index (χ1v) is 14.0. The lowest BCUT2D eigenvalue weighted by atomic mass is 9.73. The van der Waals surface area contributed by atoms with Crippen LogP contribution in [-0.2, 0) is 27.2 Å². The molecular formula is C29H34BrN5O5. The standard InChI is InChI=1S/C29H34BrN5O5/c1-28(2,32-27(39)40)25(37)31-22(14-13-20-11-7-8-12-21(20)30)24(36)35-16-15-23-29(18-35,26(38)34(3)33-23)17-19-9-5-4-6-10-19/h4-12,22,32H,13-18H2,1-3H3,(H,31,37)(H,39,40)/t22?,29-/m1/s1. The van der Waals surface area contributed by atoms with Gasteiger partial charge in [0.05, 0.1) is 5.71 Å². The SMILES string of the molecule is CN1N=C2CCN(C(=O)C(CCc3ccccc3Br)NC(=O)C(C)(C)NC(=O)O)C[C@@]2(Cc2ccccc2)C1=O. The number of piperidine rings is 1. The normalized spacial score (nSPS) is 19.5. The van der Waals surface area contributed by atoms with Crippen molar-refractivity contribution < 1.29 is 24.3 Å². The van der Waals surface area contributed by atoms with Crippen molar-refractivity contribution in [1.82, 2.24) is 20.5 Å². The fourth-order valence-corrected chi connectivity index (χ4v) is 5.84. The van der Waals surface area contributed by atoms with Crippen molar-refractivity contribution in [3.8, 4) is 0 Å². The molecule has 2 heterocycles. The summed E-state index contributed by atoms with van der Waals surface area (Å²) in [5.41, 5.74) is 0.254. The van der Waals surface area contributed by atoms with Crippen molar-refractivity contribution in [2.75, 3.05) is 20.1 Å². The van der Waals surface area contributed by atoms with Crippen LogP contribution >= 0.6 is 15.9 Å². The molecule has 0 bridgehead atoms. The molecule has 2 aliphatic rings. The van der Waals surface area contributed by atoms with Gasteiger partial charge in [0.1, 0.15) is 17.0 Å². The van der Waals surface area contributed by atoms with E-state index in [4.69, 9.17) is 0 Å². The van der Waals surface area contributed by atoms with Crippen LogP contribution in [-0.4, -0.2) is 76.3 Å². The molecule has 212 valence electrons. The average molecular weight is 613 g/mol. The van der Waals surface area contributed by atoms with Crippen molar-refractivity contribution in [1.29, 1.82) is 0 Å². The van der Waals surface area contributed by atoms with E-state index in [9.17, 15) is 24.3 Å². The number of benzene rings is 2. The monoisotopic (exact) mass is 611 g/mol. The maximum Gasteiger partial charge on any atom is 0.405 e. The quantitative estimate of drug-likeness (QED) is 0.401. The minimum absolute atomic E-state index is 0.140. The molecule has 1 fully saturated rings. The third-order valence-electron chi connectivity index (χ3n) is 7.52. The number of nitrogens with one attached hydrogen (secondary N) is 2. The smallest absolute Gasteiger partial charge is 0.405 e. The van der Waals surface area contributed by atoms with E-state index >= 15 is 0 Å². The molecule has 0 radical (unpaired) electrons. The number of carbonyl (C=O) groups is 4. The van der Waals surface area contributed by atoms with Gasteiger partial charge in [0.25, 0.3) is 5.91 Å². The van der Waals surface area contributed by atoms with Gasteiger partial charge >= 0.3 is 6.09 Å². The number of amides is 4. The summed E-state index contributed by atoms with van der Waals surface area (Å²) in [4.78, 5) is 53.6. The van der Waals surface area contributed by atoms with Gasteiger partial charge in [0.15, 0.2) is 0 Å². The molecule has 11 heteroatoms. The third kappa shape index (κ3) is 6.19. The van der Waals surface area contributed by atoms with Gasteiger partial charge in [-0.25, -0.2) is 9.80 Å². The number of aryl methyl sites for hydroxylation is 1.